The van der Waals surface area contributed by atoms with Crippen LogP contribution in [0.5, 0.6) is 11.5 Å². The summed E-state index contributed by atoms with van der Waals surface area (Å²) in [5.74, 6) is -0.625. The fraction of sp³-hybridized carbons (Fsp3) is 0.636. The highest BCUT2D eigenvalue weighted by atomic mass is 19.4. The molecular weight excluding hydrogens is 429 g/mol. The summed E-state index contributed by atoms with van der Waals surface area (Å²) in [6.07, 6.45) is -0.00974. The molecular formula is C22H31F3N2O5. The summed E-state index contributed by atoms with van der Waals surface area (Å²) in [6.45, 7) is 2.11. The van der Waals surface area contributed by atoms with Crippen molar-refractivity contribution in [2.24, 2.45) is 0 Å². The molecule has 1 fully saturated rings. The maximum atomic E-state index is 12.7. The van der Waals surface area contributed by atoms with Crippen LogP contribution in [0.25, 0.3) is 0 Å². The highest BCUT2D eigenvalue weighted by molar-refractivity contribution is 5.97. The number of ether oxygens (including phenoxy) is 3. The summed E-state index contributed by atoms with van der Waals surface area (Å²) in [4.78, 5) is 24.0. The first-order valence-corrected chi connectivity index (χ1v) is 10.9. The number of benzene rings is 1. The van der Waals surface area contributed by atoms with Crippen LogP contribution in [0.15, 0.2) is 18.2 Å². The lowest BCUT2D eigenvalue weighted by Gasteiger charge is -2.24. The van der Waals surface area contributed by atoms with E-state index in [1.54, 1.807) is 6.92 Å². The summed E-state index contributed by atoms with van der Waals surface area (Å²) in [5, 5.41) is 6.06. The number of piperidine rings is 1. The molecule has 1 amide bonds. The molecule has 0 saturated carbocycles. The van der Waals surface area contributed by atoms with Crippen molar-refractivity contribution in [2.75, 3.05) is 32.9 Å². The molecule has 7 nitrogen and oxygen atoms in total. The van der Waals surface area contributed by atoms with E-state index in [1.165, 1.54) is 18.2 Å². The van der Waals surface area contributed by atoms with Gasteiger partial charge in [0.05, 0.1) is 18.8 Å². The van der Waals surface area contributed by atoms with Gasteiger partial charge in [0.25, 0.3) is 5.91 Å². The van der Waals surface area contributed by atoms with Crippen LogP contribution in [-0.4, -0.2) is 57.0 Å². The van der Waals surface area contributed by atoms with Gasteiger partial charge in [-0.05, 0) is 57.4 Å². The molecule has 2 rings (SSSR count). The standard InChI is InChI=1S/C22H31F3N2O5/c1-2-30-20(28)8-4-6-12-31-17-9-10-19(32-15-22(23,24)25)18(13-17)21(29)27-14-16-7-3-5-11-26-16/h9-10,13,16,26H,2-8,11-12,14-15H2,1H3,(H,27,29). The van der Waals surface area contributed by atoms with Gasteiger partial charge in [0.15, 0.2) is 6.61 Å². The van der Waals surface area contributed by atoms with Gasteiger partial charge in [-0.2, -0.15) is 13.2 Å². The second-order valence-corrected chi connectivity index (χ2v) is 7.53. The third kappa shape index (κ3) is 9.76. The Morgan fingerprint density at radius 2 is 2.00 bits per heavy atom. The maximum absolute atomic E-state index is 12.7. The number of esters is 1. The Kier molecular flexibility index (Phi) is 10.6. The minimum Gasteiger partial charge on any atom is -0.494 e. The van der Waals surface area contributed by atoms with E-state index in [0.717, 1.165) is 25.8 Å². The van der Waals surface area contributed by atoms with Gasteiger partial charge in [-0.15, -0.1) is 0 Å². The van der Waals surface area contributed by atoms with Gasteiger partial charge in [-0.3, -0.25) is 9.59 Å². The van der Waals surface area contributed by atoms with Crippen LogP contribution >= 0.6 is 0 Å². The largest absolute Gasteiger partial charge is 0.494 e. The van der Waals surface area contributed by atoms with Crippen molar-refractivity contribution in [2.45, 2.75) is 57.7 Å². The zero-order chi connectivity index (χ0) is 23.4. The second-order valence-electron chi connectivity index (χ2n) is 7.53. The molecule has 180 valence electrons. The molecule has 1 aliphatic rings. The number of hydrogen-bond acceptors (Lipinski definition) is 6. The Morgan fingerprint density at radius 1 is 1.19 bits per heavy atom. The van der Waals surface area contributed by atoms with E-state index in [0.29, 0.717) is 31.7 Å². The minimum absolute atomic E-state index is 0.0194. The smallest absolute Gasteiger partial charge is 0.422 e. The minimum atomic E-state index is -4.52. The van der Waals surface area contributed by atoms with Crippen molar-refractivity contribution < 1.29 is 37.0 Å². The average Bonchev–Trinajstić information content (AvgIpc) is 2.76. The zero-order valence-corrected chi connectivity index (χ0v) is 18.3. The summed E-state index contributed by atoms with van der Waals surface area (Å²) in [5.41, 5.74) is -0.0194. The summed E-state index contributed by atoms with van der Waals surface area (Å²) < 4.78 is 53.1. The molecule has 1 aliphatic heterocycles. The van der Waals surface area contributed by atoms with Gasteiger partial charge in [0, 0.05) is 19.0 Å². The number of amides is 1. The van der Waals surface area contributed by atoms with Crippen molar-refractivity contribution in [3.05, 3.63) is 23.8 Å². The monoisotopic (exact) mass is 460 g/mol. The molecule has 0 spiro atoms. The van der Waals surface area contributed by atoms with Crippen LogP contribution in [0.2, 0.25) is 0 Å². The molecule has 1 unspecified atom stereocenters. The number of nitrogens with one attached hydrogen (secondary N) is 2. The molecule has 0 radical (unpaired) electrons. The van der Waals surface area contributed by atoms with E-state index < -0.39 is 18.7 Å². The number of rotatable bonds is 12. The Bertz CT molecular complexity index is 737. The summed E-state index contributed by atoms with van der Waals surface area (Å²) in [6, 6.07) is 4.26. The molecule has 1 atom stereocenters. The lowest BCUT2D eigenvalue weighted by molar-refractivity contribution is -0.153. The van der Waals surface area contributed by atoms with Crippen molar-refractivity contribution in [1.82, 2.24) is 10.6 Å². The Morgan fingerprint density at radius 3 is 2.69 bits per heavy atom. The summed E-state index contributed by atoms with van der Waals surface area (Å²) in [7, 11) is 0. The van der Waals surface area contributed by atoms with Gasteiger partial charge in [-0.25, -0.2) is 0 Å². The van der Waals surface area contributed by atoms with Crippen LogP contribution < -0.4 is 20.1 Å². The number of halogens is 3. The van der Waals surface area contributed by atoms with Gasteiger partial charge in [-0.1, -0.05) is 6.42 Å². The molecule has 0 bridgehead atoms. The highest BCUT2D eigenvalue weighted by Gasteiger charge is 2.29. The van der Waals surface area contributed by atoms with Crippen LogP contribution in [0.4, 0.5) is 13.2 Å². The molecule has 0 aromatic heterocycles. The lowest BCUT2D eigenvalue weighted by atomic mass is 10.0. The average molecular weight is 460 g/mol. The fourth-order valence-corrected chi connectivity index (χ4v) is 3.27. The van der Waals surface area contributed by atoms with Gasteiger partial charge in [0.2, 0.25) is 0 Å². The SMILES string of the molecule is CCOC(=O)CCCCOc1ccc(OCC(F)(F)F)c(C(=O)NCC2CCCCN2)c1. The van der Waals surface area contributed by atoms with Crippen LogP contribution in [0.3, 0.4) is 0 Å². The van der Waals surface area contributed by atoms with Crippen LogP contribution in [-0.2, 0) is 9.53 Å². The number of carbonyl (C=O) groups is 2. The van der Waals surface area contributed by atoms with Crippen LogP contribution in [0.1, 0.15) is 55.8 Å². The van der Waals surface area contributed by atoms with E-state index >= 15 is 0 Å². The van der Waals surface area contributed by atoms with Gasteiger partial charge < -0.3 is 24.8 Å². The molecule has 0 aliphatic carbocycles. The van der Waals surface area contributed by atoms with E-state index in [1.807, 2.05) is 0 Å². The predicted octanol–water partition coefficient (Wildman–Crippen LogP) is 3.61. The van der Waals surface area contributed by atoms with Gasteiger partial charge in [0.1, 0.15) is 11.5 Å². The normalized spacial score (nSPS) is 16.3. The quantitative estimate of drug-likeness (QED) is 0.366. The van der Waals surface area contributed by atoms with Gasteiger partial charge >= 0.3 is 12.1 Å². The molecule has 1 aromatic carbocycles. The first-order valence-electron chi connectivity index (χ1n) is 10.9. The number of carbonyl (C=O) groups excluding carboxylic acids is 2. The van der Waals surface area contributed by atoms with E-state index in [9.17, 15) is 22.8 Å². The first kappa shape index (κ1) is 25.8. The van der Waals surface area contributed by atoms with E-state index in [-0.39, 0.29) is 36.4 Å². The molecule has 2 N–H and O–H groups in total. The van der Waals surface area contributed by atoms with Crippen molar-refractivity contribution in [3.8, 4) is 11.5 Å². The zero-order valence-electron chi connectivity index (χ0n) is 18.3. The van der Waals surface area contributed by atoms with Crippen molar-refractivity contribution in [1.29, 1.82) is 0 Å². The Balaban J connectivity index is 1.95. The molecule has 1 aromatic rings. The topological polar surface area (TPSA) is 85.9 Å². The second kappa shape index (κ2) is 13.1. The number of unbranched alkanes of at least 4 members (excludes halogenated alkanes) is 1. The summed E-state index contributed by atoms with van der Waals surface area (Å²) >= 11 is 0. The number of hydrogen-bond donors (Lipinski definition) is 2. The maximum Gasteiger partial charge on any atom is 0.422 e. The molecule has 1 saturated heterocycles. The Labute approximate surface area is 186 Å². The fourth-order valence-electron chi connectivity index (χ4n) is 3.27. The van der Waals surface area contributed by atoms with E-state index in [2.05, 4.69) is 10.6 Å². The third-order valence-electron chi connectivity index (χ3n) is 4.86. The first-order chi connectivity index (χ1) is 15.3. The molecule has 10 heteroatoms. The number of alkyl halides is 3. The molecule has 1 heterocycles. The predicted molar refractivity (Wildman–Crippen MR) is 112 cm³/mol. The van der Waals surface area contributed by atoms with Crippen molar-refractivity contribution >= 4 is 11.9 Å². The highest BCUT2D eigenvalue weighted by Crippen LogP contribution is 2.27. The van der Waals surface area contributed by atoms with E-state index in [4.69, 9.17) is 14.2 Å². The third-order valence-corrected chi connectivity index (χ3v) is 4.86. The van der Waals surface area contributed by atoms with Crippen LogP contribution in [0, 0.1) is 0 Å². The molecule has 32 heavy (non-hydrogen) atoms. The van der Waals surface area contributed by atoms with Crippen molar-refractivity contribution in [3.63, 3.8) is 0 Å². The Hall–Kier alpha value is -2.49. The lowest BCUT2D eigenvalue weighted by Crippen LogP contribution is -2.43.